The van der Waals surface area contributed by atoms with Crippen LogP contribution in [-0.2, 0) is 9.53 Å². The number of aliphatic hydroxyl groups excluding tert-OH is 1. The van der Waals surface area contributed by atoms with E-state index >= 15 is 0 Å². The van der Waals surface area contributed by atoms with Crippen LogP contribution in [0.15, 0.2) is 0 Å². The third-order valence-corrected chi connectivity index (χ3v) is 1.96. The number of carbonyl (C=O) groups excluding carboxylic acids is 1. The molecule has 0 aromatic heterocycles. The van der Waals surface area contributed by atoms with Gasteiger partial charge in [-0.25, -0.2) is 9.18 Å². The van der Waals surface area contributed by atoms with Gasteiger partial charge in [-0.3, -0.25) is 0 Å². The molecule has 0 aromatic carbocycles. The first-order valence-electron chi connectivity index (χ1n) is 2.83. The average molecular weight is 148 g/mol. The topological polar surface area (TPSA) is 66.8 Å². The fourth-order valence-corrected chi connectivity index (χ4v) is 1.17. The van der Waals surface area contributed by atoms with E-state index in [2.05, 4.69) is 4.74 Å². The summed E-state index contributed by atoms with van der Waals surface area (Å²) in [4.78, 5) is 10.3. The summed E-state index contributed by atoms with van der Waals surface area (Å²) in [6.07, 6.45) is -4.34. The second-order valence-corrected chi connectivity index (χ2v) is 2.55. The number of rotatable bonds is 0. The molecule has 2 fully saturated rings. The van der Waals surface area contributed by atoms with E-state index in [1.807, 2.05) is 0 Å². The third kappa shape index (κ3) is 0.392. The Morgan fingerprint density at radius 1 is 1.70 bits per heavy atom. The number of carbonyl (C=O) groups is 1. The van der Waals surface area contributed by atoms with Gasteiger partial charge in [-0.1, -0.05) is 0 Å². The van der Waals surface area contributed by atoms with Crippen LogP contribution in [0.4, 0.5) is 4.39 Å². The first kappa shape index (κ1) is 6.06. The number of hydrogen-bond donors (Lipinski definition) is 2. The molecule has 0 radical (unpaired) electrons. The molecule has 1 saturated heterocycles. The van der Waals surface area contributed by atoms with Gasteiger partial charge in [0.25, 0.3) is 0 Å². The van der Waals surface area contributed by atoms with Crippen molar-refractivity contribution >= 4 is 5.97 Å². The molecule has 0 spiro atoms. The highest BCUT2D eigenvalue weighted by Gasteiger charge is 2.78. The Labute approximate surface area is 55.2 Å². The lowest BCUT2D eigenvalue weighted by molar-refractivity contribution is -0.149. The molecule has 5 heteroatoms. The van der Waals surface area contributed by atoms with Gasteiger partial charge < -0.3 is 14.9 Å². The molecule has 0 amide bonds. The predicted molar refractivity (Wildman–Crippen MR) is 25.7 cm³/mol. The zero-order chi connectivity index (χ0) is 7.52. The van der Waals surface area contributed by atoms with Gasteiger partial charge >= 0.3 is 5.97 Å². The van der Waals surface area contributed by atoms with Crippen molar-refractivity contribution in [2.24, 2.45) is 0 Å². The van der Waals surface area contributed by atoms with Crippen LogP contribution in [0.1, 0.15) is 0 Å². The summed E-state index contributed by atoms with van der Waals surface area (Å²) in [6, 6.07) is 0. The molecule has 2 aliphatic rings. The molecule has 1 aliphatic carbocycles. The predicted octanol–water partition coefficient (Wildman–Crippen LogP) is -1.64. The fraction of sp³-hybridized carbons (Fsp3) is 0.800. The largest absolute Gasteiger partial charge is 0.454 e. The summed E-state index contributed by atoms with van der Waals surface area (Å²) < 4.78 is 16.8. The van der Waals surface area contributed by atoms with Gasteiger partial charge in [-0.2, -0.15) is 0 Å². The van der Waals surface area contributed by atoms with E-state index in [0.717, 1.165) is 0 Å². The van der Waals surface area contributed by atoms with Crippen molar-refractivity contribution in [2.45, 2.75) is 24.0 Å². The smallest absolute Gasteiger partial charge is 0.344 e. The molecule has 10 heavy (non-hydrogen) atoms. The Kier molecular flexibility index (Phi) is 0.805. The maximum absolute atomic E-state index is 12.5. The van der Waals surface area contributed by atoms with Crippen LogP contribution in [0.3, 0.4) is 0 Å². The molecule has 1 aliphatic heterocycles. The number of hydrogen-bond acceptors (Lipinski definition) is 4. The van der Waals surface area contributed by atoms with Crippen molar-refractivity contribution in [3.05, 3.63) is 0 Å². The number of halogens is 1. The Balaban J connectivity index is 2.28. The number of alkyl halides is 1. The van der Waals surface area contributed by atoms with Crippen LogP contribution in [0.2, 0.25) is 0 Å². The summed E-state index contributed by atoms with van der Waals surface area (Å²) in [5.74, 6) is -1.09. The van der Waals surface area contributed by atoms with E-state index in [1.165, 1.54) is 0 Å². The summed E-state index contributed by atoms with van der Waals surface area (Å²) >= 11 is 0. The normalized spacial score (nSPS) is 57.9. The molecule has 4 atom stereocenters. The SMILES string of the molecule is O=C1O[C@@H]2C(O)[C@]2(O)[C@@H]1F. The minimum Gasteiger partial charge on any atom is -0.454 e. The Morgan fingerprint density at radius 2 is 2.30 bits per heavy atom. The van der Waals surface area contributed by atoms with Gasteiger partial charge in [-0.15, -0.1) is 0 Å². The minimum absolute atomic E-state index is 1.03. The molecular weight excluding hydrogens is 143 g/mol. The van der Waals surface area contributed by atoms with Gasteiger partial charge in [0.1, 0.15) is 6.10 Å². The van der Waals surface area contributed by atoms with Crippen molar-refractivity contribution < 1.29 is 24.1 Å². The first-order chi connectivity index (χ1) is 4.58. The van der Waals surface area contributed by atoms with E-state index in [9.17, 15) is 9.18 Å². The van der Waals surface area contributed by atoms with E-state index < -0.39 is 29.9 Å². The van der Waals surface area contributed by atoms with Crippen LogP contribution >= 0.6 is 0 Å². The van der Waals surface area contributed by atoms with Crippen LogP contribution in [0, 0.1) is 0 Å². The summed E-state index contributed by atoms with van der Waals surface area (Å²) in [5, 5.41) is 17.7. The second-order valence-electron chi connectivity index (χ2n) is 2.55. The maximum Gasteiger partial charge on any atom is 0.344 e. The zero-order valence-corrected chi connectivity index (χ0v) is 4.82. The number of ether oxygens (including phenoxy) is 1. The maximum atomic E-state index is 12.5. The van der Waals surface area contributed by atoms with Gasteiger partial charge in [0.15, 0.2) is 11.7 Å². The monoisotopic (exact) mass is 148 g/mol. The highest BCUT2D eigenvalue weighted by Crippen LogP contribution is 2.49. The van der Waals surface area contributed by atoms with Crippen LogP contribution in [0.5, 0.6) is 0 Å². The van der Waals surface area contributed by atoms with Gasteiger partial charge in [0, 0.05) is 0 Å². The van der Waals surface area contributed by atoms with E-state index in [4.69, 9.17) is 10.2 Å². The molecule has 1 unspecified atom stereocenters. The molecule has 2 N–H and O–H groups in total. The van der Waals surface area contributed by atoms with Crippen LogP contribution in [-0.4, -0.2) is 40.2 Å². The summed E-state index contributed by atoms with van der Waals surface area (Å²) in [5.41, 5.74) is -1.93. The molecule has 4 nitrogen and oxygen atoms in total. The molecule has 56 valence electrons. The fourth-order valence-electron chi connectivity index (χ4n) is 1.17. The third-order valence-electron chi connectivity index (χ3n) is 1.96. The molecular formula is C5H5FO4. The second kappa shape index (κ2) is 1.33. The van der Waals surface area contributed by atoms with Crippen LogP contribution < -0.4 is 0 Å². The standard InChI is InChI=1S/C5H5FO4/c6-1-4(8)10-3-2(7)5(1,3)9/h1-3,7,9H/t1-,2?,3-,5-/m1/s1. The molecule has 1 heterocycles. The van der Waals surface area contributed by atoms with E-state index in [0.29, 0.717) is 0 Å². The van der Waals surface area contributed by atoms with E-state index in [1.54, 1.807) is 0 Å². The Hall–Kier alpha value is -0.680. The Morgan fingerprint density at radius 3 is 2.60 bits per heavy atom. The molecule has 2 rings (SSSR count). The molecule has 0 aromatic rings. The van der Waals surface area contributed by atoms with Crippen molar-refractivity contribution in [3.8, 4) is 0 Å². The summed E-state index contributed by atoms with van der Waals surface area (Å²) in [7, 11) is 0. The quantitative estimate of drug-likeness (QED) is 0.404. The lowest BCUT2D eigenvalue weighted by Crippen LogP contribution is -2.31. The molecule has 1 saturated carbocycles. The van der Waals surface area contributed by atoms with Crippen LogP contribution in [0.25, 0.3) is 0 Å². The average Bonchev–Trinajstić information content (AvgIpc) is 2.29. The van der Waals surface area contributed by atoms with Crippen molar-refractivity contribution in [3.63, 3.8) is 0 Å². The Bertz CT molecular complexity index is 206. The lowest BCUT2D eigenvalue weighted by atomic mass is 10.2. The minimum atomic E-state index is -2.08. The van der Waals surface area contributed by atoms with Crippen molar-refractivity contribution in [2.75, 3.05) is 0 Å². The van der Waals surface area contributed by atoms with E-state index in [-0.39, 0.29) is 0 Å². The van der Waals surface area contributed by atoms with Gasteiger partial charge in [0.2, 0.25) is 6.17 Å². The summed E-state index contributed by atoms with van der Waals surface area (Å²) in [6.45, 7) is 0. The van der Waals surface area contributed by atoms with Gasteiger partial charge in [-0.05, 0) is 0 Å². The van der Waals surface area contributed by atoms with Gasteiger partial charge in [0.05, 0.1) is 0 Å². The van der Waals surface area contributed by atoms with Crippen molar-refractivity contribution in [1.82, 2.24) is 0 Å². The zero-order valence-electron chi connectivity index (χ0n) is 4.82. The number of aliphatic hydroxyl groups is 2. The highest BCUT2D eigenvalue weighted by molar-refractivity contribution is 5.82. The lowest BCUT2D eigenvalue weighted by Gasteiger charge is -2.04. The number of fused-ring (bicyclic) bond motifs is 1. The first-order valence-corrected chi connectivity index (χ1v) is 2.83. The highest BCUT2D eigenvalue weighted by atomic mass is 19.1. The molecule has 0 bridgehead atoms. The van der Waals surface area contributed by atoms with Crippen molar-refractivity contribution in [1.29, 1.82) is 0 Å². The number of esters is 1.